The molecule has 2 nitrogen and oxygen atoms in total. The van der Waals surface area contributed by atoms with Gasteiger partial charge in [-0.3, -0.25) is 5.21 Å². The maximum absolute atomic E-state index is 8.40. The van der Waals surface area contributed by atoms with Crippen LogP contribution in [0.2, 0.25) is 0 Å². The fourth-order valence-electron chi connectivity index (χ4n) is 0.230. The van der Waals surface area contributed by atoms with Crippen molar-refractivity contribution in [2.24, 2.45) is 0 Å². The lowest BCUT2D eigenvalue weighted by atomic mass is 11.0. The van der Waals surface area contributed by atoms with Crippen LogP contribution >= 0.6 is 11.8 Å². The predicted molar refractivity (Wildman–Crippen MR) is 24.7 cm³/mol. The van der Waals surface area contributed by atoms with E-state index < -0.39 is 0 Å². The molecule has 0 amide bonds. The van der Waals surface area contributed by atoms with Crippen LogP contribution < -0.4 is 0 Å². The fraction of sp³-hybridized carbons (Fsp3) is 0. The van der Waals surface area contributed by atoms with Gasteiger partial charge in [0.15, 0.2) is 0 Å². The van der Waals surface area contributed by atoms with Gasteiger partial charge in [-0.1, -0.05) is 0 Å². The minimum Gasteiger partial charge on any atom is -0.288 e. The third-order valence-corrected chi connectivity index (χ3v) is 1.08. The standard InChI is InChI=1S/C3H4NOS/c5-4-1-2-6-3-4/h1-3,5H. The van der Waals surface area contributed by atoms with Gasteiger partial charge in [-0.15, -0.1) is 11.8 Å². The van der Waals surface area contributed by atoms with Crippen LogP contribution in [0.25, 0.3) is 0 Å². The maximum atomic E-state index is 8.40. The van der Waals surface area contributed by atoms with Gasteiger partial charge in [-0.2, -0.15) is 0 Å². The van der Waals surface area contributed by atoms with Gasteiger partial charge < -0.3 is 0 Å². The van der Waals surface area contributed by atoms with E-state index in [4.69, 9.17) is 5.21 Å². The normalized spacial score (nSPS) is 19.8. The smallest absolute Gasteiger partial charge is 0.137 e. The summed E-state index contributed by atoms with van der Waals surface area (Å²) in [6.45, 7) is 0. The number of hydrogen-bond donors (Lipinski definition) is 1. The van der Waals surface area contributed by atoms with E-state index in [0.29, 0.717) is 0 Å². The summed E-state index contributed by atoms with van der Waals surface area (Å²) in [5.41, 5.74) is 0. The Morgan fingerprint density at radius 2 is 2.50 bits per heavy atom. The highest BCUT2D eigenvalue weighted by atomic mass is 32.2. The molecule has 0 saturated heterocycles. The van der Waals surface area contributed by atoms with E-state index in [-0.39, 0.29) is 0 Å². The molecule has 1 aliphatic heterocycles. The van der Waals surface area contributed by atoms with Crippen molar-refractivity contribution in [2.75, 3.05) is 0 Å². The molecule has 33 valence electrons. The number of hydroxylamine groups is 2. The van der Waals surface area contributed by atoms with Crippen molar-refractivity contribution in [1.29, 1.82) is 0 Å². The van der Waals surface area contributed by atoms with E-state index >= 15 is 0 Å². The first-order valence-corrected chi connectivity index (χ1v) is 2.46. The average Bonchev–Trinajstić information content (AvgIpc) is 1.86. The third-order valence-electron chi connectivity index (χ3n) is 0.461. The molecule has 1 N–H and O–H groups in total. The molecule has 1 radical (unpaired) electrons. The van der Waals surface area contributed by atoms with Gasteiger partial charge in [0.05, 0.1) is 0 Å². The number of rotatable bonds is 0. The first-order valence-electron chi connectivity index (χ1n) is 1.52. The summed E-state index contributed by atoms with van der Waals surface area (Å²) in [6.07, 6.45) is 1.57. The van der Waals surface area contributed by atoms with Crippen molar-refractivity contribution in [3.63, 3.8) is 0 Å². The lowest BCUT2D eigenvalue weighted by Crippen LogP contribution is -1.98. The minimum absolute atomic E-state index is 1.02. The van der Waals surface area contributed by atoms with Crippen molar-refractivity contribution in [3.05, 3.63) is 17.5 Å². The summed E-state index contributed by atoms with van der Waals surface area (Å²) in [6, 6.07) is 0. The quantitative estimate of drug-likeness (QED) is 0.494. The molecule has 0 atom stereocenters. The van der Waals surface area contributed by atoms with Gasteiger partial charge in [0.25, 0.3) is 0 Å². The number of nitrogens with zero attached hydrogens (tertiary/aromatic N) is 1. The monoisotopic (exact) mass is 102 g/mol. The summed E-state index contributed by atoms with van der Waals surface area (Å²) in [5, 5.41) is 11.2. The fourth-order valence-corrected chi connectivity index (χ4v) is 0.690. The van der Waals surface area contributed by atoms with Gasteiger partial charge >= 0.3 is 0 Å². The van der Waals surface area contributed by atoms with Crippen LogP contribution in [-0.2, 0) is 0 Å². The molecule has 6 heavy (non-hydrogen) atoms. The Labute approximate surface area is 40.4 Å². The van der Waals surface area contributed by atoms with Crippen molar-refractivity contribution < 1.29 is 5.21 Å². The molecule has 0 saturated carbocycles. The van der Waals surface area contributed by atoms with Gasteiger partial charge in [0.1, 0.15) is 5.88 Å². The number of thioether (sulfide) groups is 1. The Morgan fingerprint density at radius 1 is 1.67 bits per heavy atom. The van der Waals surface area contributed by atoms with E-state index in [2.05, 4.69) is 0 Å². The van der Waals surface area contributed by atoms with Crippen LogP contribution in [-0.4, -0.2) is 10.3 Å². The molecule has 0 spiro atoms. The van der Waals surface area contributed by atoms with Crippen LogP contribution in [0.3, 0.4) is 0 Å². The van der Waals surface area contributed by atoms with Gasteiger partial charge in [0.2, 0.25) is 0 Å². The highest BCUT2D eigenvalue weighted by Gasteiger charge is 1.97. The summed E-state index contributed by atoms with van der Waals surface area (Å²) >= 11 is 1.45. The van der Waals surface area contributed by atoms with Crippen LogP contribution in [0.15, 0.2) is 11.6 Å². The Bertz CT molecular complexity index is 73.2. The Balaban J connectivity index is 2.38. The minimum atomic E-state index is 1.02. The zero-order chi connectivity index (χ0) is 4.41. The molecule has 0 aromatic carbocycles. The molecule has 0 aromatic rings. The molecule has 1 heterocycles. The second kappa shape index (κ2) is 1.53. The van der Waals surface area contributed by atoms with Gasteiger partial charge in [-0.05, 0) is 5.41 Å². The lowest BCUT2D eigenvalue weighted by Gasteiger charge is -1.97. The summed E-state index contributed by atoms with van der Waals surface area (Å²) in [5.74, 6) is 1.60. The van der Waals surface area contributed by atoms with Crippen LogP contribution in [0, 0.1) is 5.88 Å². The molecule has 1 aliphatic rings. The van der Waals surface area contributed by atoms with Gasteiger partial charge in [-0.25, -0.2) is 5.06 Å². The molecular weight excluding hydrogens is 98.1 g/mol. The maximum Gasteiger partial charge on any atom is 0.137 e. The Hall–Kier alpha value is -0.150. The second-order valence-electron chi connectivity index (χ2n) is 0.907. The van der Waals surface area contributed by atoms with Crippen molar-refractivity contribution in [2.45, 2.75) is 0 Å². The second-order valence-corrected chi connectivity index (χ2v) is 1.66. The Morgan fingerprint density at radius 3 is 2.67 bits per heavy atom. The molecule has 0 fully saturated rings. The average molecular weight is 102 g/mol. The van der Waals surface area contributed by atoms with E-state index in [9.17, 15) is 0 Å². The van der Waals surface area contributed by atoms with E-state index in [1.807, 2.05) is 0 Å². The highest BCUT2D eigenvalue weighted by Crippen LogP contribution is 2.16. The lowest BCUT2D eigenvalue weighted by molar-refractivity contribution is 0.00480. The van der Waals surface area contributed by atoms with E-state index in [1.165, 1.54) is 11.8 Å². The molecular formula is C3H4NOS. The Kier molecular flexibility index (Phi) is 1.03. The molecule has 0 aliphatic carbocycles. The summed E-state index contributed by atoms with van der Waals surface area (Å²) in [4.78, 5) is 0. The van der Waals surface area contributed by atoms with E-state index in [0.717, 1.165) is 5.06 Å². The zero-order valence-electron chi connectivity index (χ0n) is 3.03. The predicted octanol–water partition coefficient (Wildman–Crippen LogP) is 1.01. The van der Waals surface area contributed by atoms with Crippen molar-refractivity contribution >= 4 is 11.8 Å². The van der Waals surface area contributed by atoms with Crippen LogP contribution in [0.1, 0.15) is 0 Å². The largest absolute Gasteiger partial charge is 0.288 e. The number of hydrogen-bond acceptors (Lipinski definition) is 3. The molecule has 3 heteroatoms. The molecule has 0 unspecified atom stereocenters. The van der Waals surface area contributed by atoms with Crippen LogP contribution in [0.4, 0.5) is 0 Å². The van der Waals surface area contributed by atoms with Crippen molar-refractivity contribution in [1.82, 2.24) is 5.06 Å². The first kappa shape index (κ1) is 4.02. The summed E-state index contributed by atoms with van der Waals surface area (Å²) < 4.78 is 0. The van der Waals surface area contributed by atoms with E-state index in [1.54, 1.807) is 17.5 Å². The first-order chi connectivity index (χ1) is 2.89. The van der Waals surface area contributed by atoms with Crippen LogP contribution in [0.5, 0.6) is 0 Å². The molecule has 0 aromatic heterocycles. The zero-order valence-corrected chi connectivity index (χ0v) is 3.85. The summed E-state index contributed by atoms with van der Waals surface area (Å²) in [7, 11) is 0. The molecule has 1 rings (SSSR count). The topological polar surface area (TPSA) is 23.5 Å². The SMILES string of the molecule is ON1[CH]SC=C1. The van der Waals surface area contributed by atoms with Crippen molar-refractivity contribution in [3.8, 4) is 0 Å². The highest BCUT2D eigenvalue weighted by molar-refractivity contribution is 8.04. The van der Waals surface area contributed by atoms with Gasteiger partial charge in [0, 0.05) is 6.20 Å². The molecule has 0 bridgehead atoms. The third kappa shape index (κ3) is 0.666.